The van der Waals surface area contributed by atoms with Crippen molar-refractivity contribution in [3.8, 4) is 0 Å². The molecule has 93 heavy (non-hydrogen) atoms. The van der Waals surface area contributed by atoms with Gasteiger partial charge in [-0.3, -0.25) is 9.13 Å². The lowest BCUT2D eigenvalue weighted by molar-refractivity contribution is -0.0580. The molecule has 4 fully saturated rings. The molecule has 29 heteroatoms. The average molecular weight is 1340 g/mol. The van der Waals surface area contributed by atoms with Crippen LogP contribution in [0.1, 0.15) is 83.9 Å². The molecule has 0 saturated carbocycles. The van der Waals surface area contributed by atoms with Gasteiger partial charge in [-0.15, -0.1) is 0 Å². The number of sulfonamides is 1. The van der Waals surface area contributed by atoms with Crippen LogP contribution < -0.4 is 21.1 Å². The molecular weight excluding hydrogens is 1260 g/mol. The number of ether oxygens (including phenoxy) is 6. The molecule has 8 atom stereocenters. The summed E-state index contributed by atoms with van der Waals surface area (Å²) in [5.41, 5.74) is 12.2. The number of rotatable bonds is 24. The van der Waals surface area contributed by atoms with Crippen LogP contribution in [0.15, 0.2) is 134 Å². The predicted molar refractivity (Wildman–Crippen MR) is 348 cm³/mol. The van der Waals surface area contributed by atoms with Crippen LogP contribution in [-0.2, 0) is 60.6 Å². The Kier molecular flexibility index (Phi) is 24.2. The average Bonchev–Trinajstić information content (AvgIpc) is 1.64. The molecule has 9 N–H and O–H groups in total. The molecule has 4 saturated heterocycles. The zero-order valence-electron chi connectivity index (χ0n) is 51.7. The minimum absolute atomic E-state index is 0.00163. The number of benzene rings is 4. The van der Waals surface area contributed by atoms with Crippen molar-refractivity contribution in [2.24, 2.45) is 17.6 Å². The summed E-state index contributed by atoms with van der Waals surface area (Å²) >= 11 is 0. The van der Waals surface area contributed by atoms with Gasteiger partial charge in [0.15, 0.2) is 46.4 Å². The van der Waals surface area contributed by atoms with E-state index >= 15 is 0 Å². The van der Waals surface area contributed by atoms with Crippen LogP contribution in [0.25, 0.3) is 22.3 Å². The second kappa shape index (κ2) is 32.6. The first-order chi connectivity index (χ1) is 45.0. The smallest absolute Gasteiger partial charge is 0.232 e. The Hall–Kier alpha value is -6.71. The van der Waals surface area contributed by atoms with Gasteiger partial charge in [0.2, 0.25) is 19.1 Å². The minimum Gasteiger partial charge on any atom is -0.387 e. The number of aliphatic hydroxyl groups excluding tert-OH is 4. The third-order valence-electron chi connectivity index (χ3n) is 16.8. The summed E-state index contributed by atoms with van der Waals surface area (Å²) in [4.78, 5) is 27.6. The summed E-state index contributed by atoms with van der Waals surface area (Å²) < 4.78 is 85.7. The fourth-order valence-electron chi connectivity index (χ4n) is 11.9. The first kappa shape index (κ1) is 69.1. The van der Waals surface area contributed by atoms with Crippen molar-refractivity contribution in [1.82, 2.24) is 43.8 Å². The van der Waals surface area contributed by atoms with E-state index in [1.165, 1.54) is 42.6 Å². The molecule has 4 aliphatic rings. The second-order valence-corrected chi connectivity index (χ2v) is 27.9. The van der Waals surface area contributed by atoms with Gasteiger partial charge >= 0.3 is 0 Å². The van der Waals surface area contributed by atoms with Crippen molar-refractivity contribution in [1.29, 1.82) is 0 Å². The first-order valence-corrected chi connectivity index (χ1v) is 35.0. The molecule has 0 spiro atoms. The Morgan fingerprint density at radius 3 is 1.31 bits per heavy atom. The summed E-state index contributed by atoms with van der Waals surface area (Å²) in [5.74, 6) is 1.94. The standard InChI is InChI=1S/C32H40N6O7S.C26H30N6O4.C6H11ClO3S/c1-43-18-25-28(39)29(40)32(45-25)38-20-34-27-30(33-16-24(22-8-4-2-5-9-22)23-10-6-3-7-11-23)36-26(37-31(27)38)17-35-46(41,42)19-21-12-14-44-15-13-21;1-35-14-19-22(33)23(34)26(36-19)32-15-29-21-24(30-20(12-27)31-25(21)32)28-13-18(16-8-4-2-5-9-16)17-10-6-3-7-11-17;7-11(8,9)5-6-1-3-10-4-2-6/h2-11,20-21,24-25,28-29,32,35,39-40H,12-19H2,1H3,(H,33,36,37);2-11,15,18-19,22-23,26,33-34H,12-14,27H2,1H3,(H,28,30,31);6H,1-5H2/t25-,28-,29-,32-;19-,22-,23-,26-;/m11./s1. The van der Waals surface area contributed by atoms with Gasteiger partial charge in [0.1, 0.15) is 48.3 Å². The Balaban J connectivity index is 0.000000178. The Labute approximate surface area is 544 Å². The SMILES string of the molecule is COC[C@H]1O[C@@H](n2cnc3c(NCC(c4ccccc4)c4ccccc4)nc(CN)nc32)[C@H](O)[C@@H]1O.COC[C@H]1O[C@@H](n2cnc3c(NCC(c4ccccc4)c4ccccc4)nc(CNS(=O)(=O)CC4CCOCC4)nc32)[C@H](O)[C@@H]1O.O=S(=O)(Cl)CC1CCOCC1. The maximum absolute atomic E-state index is 13.0. The number of imidazole rings is 2. The fraction of sp³-hybridized carbons (Fsp3) is 0.469. The van der Waals surface area contributed by atoms with Gasteiger partial charge < -0.3 is 65.2 Å². The van der Waals surface area contributed by atoms with Crippen LogP contribution in [0.5, 0.6) is 0 Å². The molecule has 8 aromatic rings. The Bertz CT molecular complexity index is 3780. The molecule has 4 aromatic heterocycles. The number of fused-ring (bicyclic) bond motifs is 2. The number of hydrogen-bond donors (Lipinski definition) is 8. The van der Waals surface area contributed by atoms with E-state index in [1.807, 2.05) is 72.8 Å². The van der Waals surface area contributed by atoms with Gasteiger partial charge in [-0.05, 0) is 59.8 Å². The molecular formula is C64H81ClN12O14S2. The normalized spacial score (nSPS) is 22.2. The topological polar surface area (TPSA) is 354 Å². The van der Waals surface area contributed by atoms with Crippen molar-refractivity contribution in [2.75, 3.05) is 89.1 Å². The number of nitrogens with zero attached hydrogens (tertiary/aromatic N) is 8. The van der Waals surface area contributed by atoms with Gasteiger partial charge in [-0.1, -0.05) is 121 Å². The number of nitrogens with two attached hydrogens (primary N) is 1. The van der Waals surface area contributed by atoms with Crippen molar-refractivity contribution in [3.63, 3.8) is 0 Å². The van der Waals surface area contributed by atoms with Crippen molar-refractivity contribution >= 4 is 63.7 Å². The molecule has 0 aliphatic carbocycles. The number of hydrogen-bond acceptors (Lipinski definition) is 23. The van der Waals surface area contributed by atoms with Crippen LogP contribution >= 0.6 is 10.7 Å². The van der Waals surface area contributed by atoms with Gasteiger partial charge in [0.05, 0.1) is 50.5 Å². The van der Waals surface area contributed by atoms with Crippen molar-refractivity contribution < 1.29 is 65.7 Å². The molecule has 26 nitrogen and oxygen atoms in total. The lowest BCUT2D eigenvalue weighted by Gasteiger charge is -2.22. The summed E-state index contributed by atoms with van der Waals surface area (Å²) in [6.45, 7) is 3.68. The highest BCUT2D eigenvalue weighted by Gasteiger charge is 2.46. The number of halogens is 1. The zero-order chi connectivity index (χ0) is 65.5. The van der Waals surface area contributed by atoms with E-state index in [0.717, 1.165) is 24.0 Å². The van der Waals surface area contributed by atoms with E-state index in [-0.39, 0.29) is 67.3 Å². The molecule has 0 unspecified atom stereocenters. The van der Waals surface area contributed by atoms with Crippen LogP contribution in [0, 0.1) is 11.8 Å². The highest BCUT2D eigenvalue weighted by atomic mass is 35.7. The number of nitrogens with one attached hydrogen (secondary N) is 3. The lowest BCUT2D eigenvalue weighted by Crippen LogP contribution is -2.33. The van der Waals surface area contributed by atoms with Crippen molar-refractivity contribution in [2.45, 2.75) is 99.7 Å². The van der Waals surface area contributed by atoms with E-state index in [4.69, 9.17) is 49.8 Å². The molecule has 0 amide bonds. The van der Waals surface area contributed by atoms with E-state index in [2.05, 4.69) is 88.8 Å². The van der Waals surface area contributed by atoms with E-state index in [1.54, 1.807) is 4.57 Å². The molecule has 4 aromatic carbocycles. The Morgan fingerprint density at radius 2 is 0.935 bits per heavy atom. The lowest BCUT2D eigenvalue weighted by atomic mass is 9.91. The van der Waals surface area contributed by atoms with Crippen LogP contribution in [-0.4, -0.2) is 191 Å². The van der Waals surface area contributed by atoms with E-state index < -0.39 is 68.2 Å². The van der Waals surface area contributed by atoms with Crippen molar-refractivity contribution in [3.05, 3.63) is 168 Å². The monoisotopic (exact) mass is 1340 g/mol. The summed E-state index contributed by atoms with van der Waals surface area (Å²) in [6.07, 6.45) is -2.00. The highest BCUT2D eigenvalue weighted by molar-refractivity contribution is 8.13. The number of anilines is 2. The molecule has 8 heterocycles. The predicted octanol–water partition coefficient (Wildman–Crippen LogP) is 4.96. The highest BCUT2D eigenvalue weighted by Crippen LogP contribution is 2.36. The van der Waals surface area contributed by atoms with Gasteiger partial charge in [0.25, 0.3) is 0 Å². The third-order valence-corrected chi connectivity index (χ3v) is 19.5. The maximum atomic E-state index is 13.0. The largest absolute Gasteiger partial charge is 0.387 e. The van der Waals surface area contributed by atoms with E-state index in [9.17, 15) is 37.3 Å². The first-order valence-electron chi connectivity index (χ1n) is 30.9. The summed E-state index contributed by atoms with van der Waals surface area (Å²) in [5, 5.41) is 49.4. The Morgan fingerprint density at radius 1 is 0.559 bits per heavy atom. The molecule has 500 valence electrons. The van der Waals surface area contributed by atoms with Crippen LogP contribution in [0.2, 0.25) is 0 Å². The third kappa shape index (κ3) is 18.0. The van der Waals surface area contributed by atoms with Gasteiger partial charge in [0, 0.05) is 76.3 Å². The molecule has 0 bridgehead atoms. The quantitative estimate of drug-likeness (QED) is 0.0371. The zero-order valence-corrected chi connectivity index (χ0v) is 54.1. The number of methoxy groups -OCH3 is 2. The van der Waals surface area contributed by atoms with Crippen LogP contribution in [0.4, 0.5) is 11.6 Å². The molecule has 12 rings (SSSR count). The number of aliphatic hydroxyl groups is 4. The van der Waals surface area contributed by atoms with Gasteiger partial charge in [-0.2, -0.15) is 0 Å². The molecule has 4 aliphatic heterocycles. The maximum Gasteiger partial charge on any atom is 0.232 e. The fourth-order valence-corrected chi connectivity index (χ4v) is 14.7. The van der Waals surface area contributed by atoms with E-state index in [0.29, 0.717) is 92.1 Å². The van der Waals surface area contributed by atoms with Crippen LogP contribution in [0.3, 0.4) is 0 Å². The van der Waals surface area contributed by atoms with Gasteiger partial charge in [-0.25, -0.2) is 51.5 Å². The minimum atomic E-state index is -3.63. The summed E-state index contributed by atoms with van der Waals surface area (Å²) in [6, 6.07) is 40.8. The second-order valence-electron chi connectivity index (χ2n) is 23.3. The molecule has 0 radical (unpaired) electrons. The number of aromatic nitrogens is 8. The summed E-state index contributed by atoms with van der Waals surface area (Å²) in [7, 11) is 1.17.